The van der Waals surface area contributed by atoms with Gasteiger partial charge in [-0.2, -0.15) is 0 Å². The van der Waals surface area contributed by atoms with Crippen LogP contribution in [0.1, 0.15) is 36.4 Å². The average Bonchev–Trinajstić information content (AvgIpc) is 2.82. The summed E-state index contributed by atoms with van der Waals surface area (Å²) in [4.78, 5) is 11.5. The molecular weight excluding hydrogens is 334 g/mol. The Balaban J connectivity index is 2.48. The van der Waals surface area contributed by atoms with Crippen LogP contribution in [-0.2, 0) is 17.6 Å². The van der Waals surface area contributed by atoms with Crippen molar-refractivity contribution in [3.05, 3.63) is 76.6 Å². The van der Waals surface area contributed by atoms with Crippen molar-refractivity contribution in [3.8, 4) is 0 Å². The first kappa shape index (κ1) is 19.1. The quantitative estimate of drug-likeness (QED) is 0.678. The second-order valence-electron chi connectivity index (χ2n) is 6.87. The minimum absolute atomic E-state index is 0.473. The summed E-state index contributed by atoms with van der Waals surface area (Å²) in [5, 5.41) is 10.2. The predicted octanol–water partition coefficient (Wildman–Crippen LogP) is 5.35. The molecule has 0 atom stereocenters. The number of allylic oxidation sites excluding steroid dienone is 2. The SMILES string of the molecule is C=C/C=C\n1c(C)cc(CC(C)(C)C(=O)O)c1Cc1ccc(Cl)cc1. The Morgan fingerprint density at radius 2 is 1.96 bits per heavy atom. The maximum absolute atomic E-state index is 11.5. The summed E-state index contributed by atoms with van der Waals surface area (Å²) in [5.41, 5.74) is 3.51. The third-order valence-electron chi connectivity index (χ3n) is 4.29. The van der Waals surface area contributed by atoms with E-state index in [1.807, 2.05) is 43.5 Å². The molecule has 0 aliphatic rings. The average molecular weight is 358 g/mol. The Labute approximate surface area is 154 Å². The normalized spacial score (nSPS) is 11.8. The molecule has 0 saturated carbocycles. The number of nitrogens with zero attached hydrogens (tertiary/aromatic N) is 1. The second-order valence-corrected chi connectivity index (χ2v) is 7.31. The zero-order valence-electron chi connectivity index (χ0n) is 14.9. The summed E-state index contributed by atoms with van der Waals surface area (Å²) in [7, 11) is 0. The van der Waals surface area contributed by atoms with Crippen molar-refractivity contribution in [1.82, 2.24) is 4.57 Å². The first-order chi connectivity index (χ1) is 11.7. The molecule has 0 fully saturated rings. The summed E-state index contributed by atoms with van der Waals surface area (Å²) < 4.78 is 2.10. The van der Waals surface area contributed by atoms with Gasteiger partial charge in [-0.3, -0.25) is 4.79 Å². The van der Waals surface area contributed by atoms with E-state index in [1.54, 1.807) is 19.9 Å². The van der Waals surface area contributed by atoms with Crippen LogP contribution < -0.4 is 0 Å². The molecule has 0 aliphatic heterocycles. The van der Waals surface area contributed by atoms with E-state index in [1.165, 1.54) is 0 Å². The second kappa shape index (κ2) is 7.75. The van der Waals surface area contributed by atoms with E-state index in [2.05, 4.69) is 17.2 Å². The highest BCUT2D eigenvalue weighted by Crippen LogP contribution is 2.28. The fourth-order valence-electron chi connectivity index (χ4n) is 2.83. The van der Waals surface area contributed by atoms with E-state index in [0.29, 0.717) is 17.9 Å². The molecule has 0 unspecified atom stereocenters. The molecule has 0 saturated heterocycles. The summed E-state index contributed by atoms with van der Waals surface area (Å²) in [6, 6.07) is 9.81. The first-order valence-corrected chi connectivity index (χ1v) is 8.59. The fourth-order valence-corrected chi connectivity index (χ4v) is 2.95. The Morgan fingerprint density at radius 1 is 1.32 bits per heavy atom. The smallest absolute Gasteiger partial charge is 0.309 e. The van der Waals surface area contributed by atoms with Gasteiger partial charge in [0.15, 0.2) is 0 Å². The van der Waals surface area contributed by atoms with Gasteiger partial charge in [0.2, 0.25) is 0 Å². The van der Waals surface area contributed by atoms with Gasteiger partial charge in [-0.1, -0.05) is 36.4 Å². The highest BCUT2D eigenvalue weighted by Gasteiger charge is 2.29. The molecule has 1 aromatic carbocycles. The van der Waals surface area contributed by atoms with Crippen molar-refractivity contribution in [1.29, 1.82) is 0 Å². The zero-order valence-corrected chi connectivity index (χ0v) is 15.7. The summed E-state index contributed by atoms with van der Waals surface area (Å²) in [6.07, 6.45) is 6.75. The van der Waals surface area contributed by atoms with Crippen molar-refractivity contribution >= 4 is 23.8 Å². The van der Waals surface area contributed by atoms with E-state index in [0.717, 1.165) is 22.5 Å². The minimum atomic E-state index is -0.824. The topological polar surface area (TPSA) is 42.2 Å². The van der Waals surface area contributed by atoms with E-state index in [9.17, 15) is 9.90 Å². The van der Waals surface area contributed by atoms with Gasteiger partial charge in [0, 0.05) is 29.0 Å². The molecule has 3 nitrogen and oxygen atoms in total. The van der Waals surface area contributed by atoms with E-state index in [4.69, 9.17) is 11.6 Å². The van der Waals surface area contributed by atoms with Crippen LogP contribution in [0.2, 0.25) is 5.02 Å². The Kier molecular flexibility index (Phi) is 5.91. The molecule has 2 aromatic rings. The third-order valence-corrected chi connectivity index (χ3v) is 4.54. The highest BCUT2D eigenvalue weighted by atomic mass is 35.5. The first-order valence-electron chi connectivity index (χ1n) is 8.21. The fraction of sp³-hybridized carbons (Fsp3) is 0.286. The van der Waals surface area contributed by atoms with Gasteiger partial charge in [0.25, 0.3) is 0 Å². The predicted molar refractivity (Wildman–Crippen MR) is 104 cm³/mol. The molecule has 1 N–H and O–H groups in total. The van der Waals surface area contributed by atoms with Crippen LogP contribution in [0.15, 0.2) is 49.1 Å². The number of aliphatic carboxylic acids is 1. The van der Waals surface area contributed by atoms with Gasteiger partial charge in [-0.05, 0) is 62.6 Å². The Morgan fingerprint density at radius 3 is 2.52 bits per heavy atom. The van der Waals surface area contributed by atoms with Crippen molar-refractivity contribution in [3.63, 3.8) is 0 Å². The molecule has 4 heteroatoms. The molecule has 25 heavy (non-hydrogen) atoms. The number of benzene rings is 1. The third kappa shape index (κ3) is 4.64. The number of rotatable bonds is 7. The lowest BCUT2D eigenvalue weighted by atomic mass is 9.85. The molecule has 0 spiro atoms. The van der Waals surface area contributed by atoms with Crippen molar-refractivity contribution in [2.45, 2.75) is 33.6 Å². The lowest BCUT2D eigenvalue weighted by Crippen LogP contribution is -2.26. The van der Waals surface area contributed by atoms with Gasteiger partial charge < -0.3 is 9.67 Å². The zero-order chi connectivity index (χ0) is 18.6. The highest BCUT2D eigenvalue weighted by molar-refractivity contribution is 6.30. The van der Waals surface area contributed by atoms with E-state index < -0.39 is 11.4 Å². The van der Waals surface area contributed by atoms with Crippen LogP contribution in [0.3, 0.4) is 0 Å². The number of halogens is 1. The largest absolute Gasteiger partial charge is 0.481 e. The number of hydrogen-bond donors (Lipinski definition) is 1. The van der Waals surface area contributed by atoms with Crippen LogP contribution in [0.5, 0.6) is 0 Å². The number of carboxylic acids is 1. The van der Waals surface area contributed by atoms with Crippen LogP contribution in [-0.4, -0.2) is 15.6 Å². The Bertz CT molecular complexity index is 798. The van der Waals surface area contributed by atoms with E-state index in [-0.39, 0.29) is 0 Å². The molecule has 0 aliphatic carbocycles. The molecule has 1 heterocycles. The van der Waals surface area contributed by atoms with Gasteiger partial charge >= 0.3 is 5.97 Å². The van der Waals surface area contributed by atoms with Crippen molar-refractivity contribution in [2.75, 3.05) is 0 Å². The van der Waals surface area contributed by atoms with Crippen LogP contribution in [0, 0.1) is 12.3 Å². The van der Waals surface area contributed by atoms with Crippen LogP contribution in [0.4, 0.5) is 0 Å². The molecule has 0 radical (unpaired) electrons. The number of aryl methyl sites for hydroxylation is 1. The number of aromatic nitrogens is 1. The maximum Gasteiger partial charge on any atom is 0.309 e. The summed E-state index contributed by atoms with van der Waals surface area (Å²) >= 11 is 5.98. The number of carboxylic acid groups (broad SMARTS) is 1. The lowest BCUT2D eigenvalue weighted by Gasteiger charge is -2.20. The van der Waals surface area contributed by atoms with Crippen LogP contribution >= 0.6 is 11.6 Å². The maximum atomic E-state index is 11.5. The summed E-state index contributed by atoms with van der Waals surface area (Å²) in [5.74, 6) is -0.794. The molecular formula is C21H24ClNO2. The van der Waals surface area contributed by atoms with Crippen LogP contribution in [0.25, 0.3) is 6.20 Å². The lowest BCUT2D eigenvalue weighted by molar-refractivity contribution is -0.146. The van der Waals surface area contributed by atoms with Gasteiger partial charge in [-0.25, -0.2) is 0 Å². The molecule has 0 bridgehead atoms. The Hall–Kier alpha value is -2.26. The molecule has 2 rings (SSSR count). The number of carbonyl (C=O) groups is 1. The minimum Gasteiger partial charge on any atom is -0.481 e. The molecule has 0 amide bonds. The standard InChI is InChI=1S/C21H24ClNO2/c1-5-6-11-23-15(2)12-17(14-21(3,4)20(24)25)19(23)13-16-7-9-18(22)10-8-16/h5-12H,1,13-14H2,2-4H3,(H,24,25)/b11-6-. The molecule has 132 valence electrons. The van der Waals surface area contributed by atoms with Crippen molar-refractivity contribution in [2.24, 2.45) is 5.41 Å². The van der Waals surface area contributed by atoms with E-state index >= 15 is 0 Å². The summed E-state index contributed by atoms with van der Waals surface area (Å²) in [6.45, 7) is 9.26. The van der Waals surface area contributed by atoms with Crippen molar-refractivity contribution < 1.29 is 9.90 Å². The van der Waals surface area contributed by atoms with Gasteiger partial charge in [0.1, 0.15) is 0 Å². The number of hydrogen-bond acceptors (Lipinski definition) is 1. The monoisotopic (exact) mass is 357 g/mol. The van der Waals surface area contributed by atoms with Gasteiger partial charge in [0.05, 0.1) is 5.41 Å². The molecule has 1 aromatic heterocycles. The van der Waals surface area contributed by atoms with Gasteiger partial charge in [-0.15, -0.1) is 0 Å².